The molecular formula is C18H40F2Si2. The van der Waals surface area contributed by atoms with E-state index in [4.69, 9.17) is 0 Å². The Hall–Kier alpha value is 0.294. The molecule has 0 amide bonds. The van der Waals surface area contributed by atoms with Gasteiger partial charge in [0.25, 0.3) is 0 Å². The van der Waals surface area contributed by atoms with Crippen LogP contribution in [0, 0.1) is 0 Å². The number of unbranched alkanes of at least 4 members (excludes halogenated alkanes) is 4. The number of rotatable bonds is 15. The summed E-state index contributed by atoms with van der Waals surface area (Å²) >= 11 is 0. The van der Waals surface area contributed by atoms with Crippen LogP contribution in [0.1, 0.15) is 79.1 Å². The molecule has 0 rings (SSSR count). The predicted molar refractivity (Wildman–Crippen MR) is 102 cm³/mol. The van der Waals surface area contributed by atoms with Gasteiger partial charge < -0.3 is 8.22 Å². The van der Waals surface area contributed by atoms with Gasteiger partial charge in [-0.15, -0.1) is 0 Å². The van der Waals surface area contributed by atoms with E-state index >= 15 is 8.22 Å². The maximum atomic E-state index is 15.3. The van der Waals surface area contributed by atoms with Crippen LogP contribution in [0.2, 0.25) is 36.3 Å². The Balaban J connectivity index is 4.62. The summed E-state index contributed by atoms with van der Waals surface area (Å²) in [7, 11) is -5.37. The Labute approximate surface area is 140 Å². The molecule has 0 saturated carbocycles. The number of hydrogen-bond acceptors (Lipinski definition) is 0. The largest absolute Gasteiger partial charge is 0.314 e. The van der Waals surface area contributed by atoms with E-state index in [0.29, 0.717) is 12.1 Å². The minimum absolute atomic E-state index is 0.614. The average molecular weight is 351 g/mol. The average Bonchev–Trinajstić information content (AvgIpc) is 2.53. The van der Waals surface area contributed by atoms with E-state index in [1.165, 1.54) is 0 Å². The van der Waals surface area contributed by atoms with Crippen LogP contribution in [0.4, 0.5) is 8.22 Å². The molecule has 134 valence electrons. The van der Waals surface area contributed by atoms with Gasteiger partial charge >= 0.3 is 0 Å². The summed E-state index contributed by atoms with van der Waals surface area (Å²) in [5.74, 6) is 0. The maximum Gasteiger partial charge on any atom is 0.246 e. The van der Waals surface area contributed by atoms with Gasteiger partial charge in [-0.2, -0.15) is 0 Å². The van der Waals surface area contributed by atoms with Gasteiger partial charge in [-0.3, -0.25) is 0 Å². The summed E-state index contributed by atoms with van der Waals surface area (Å²) in [6, 6.07) is 4.32. The molecule has 4 heteroatoms. The summed E-state index contributed by atoms with van der Waals surface area (Å²) in [4.78, 5) is 0. The minimum atomic E-state index is -2.68. The van der Waals surface area contributed by atoms with Crippen LogP contribution in [-0.4, -0.2) is 16.8 Å². The molecule has 0 aliphatic rings. The molecule has 0 aromatic rings. The van der Waals surface area contributed by atoms with Gasteiger partial charge in [0, 0.05) is 0 Å². The normalized spacial score (nSPS) is 12.8. The molecule has 0 heterocycles. The minimum Gasteiger partial charge on any atom is -0.314 e. The Kier molecular flexibility index (Phi) is 12.9. The Morgan fingerprint density at radius 3 is 0.864 bits per heavy atom. The van der Waals surface area contributed by atoms with Gasteiger partial charge in [-0.1, -0.05) is 79.1 Å². The third-order valence-corrected chi connectivity index (χ3v) is 12.7. The smallest absolute Gasteiger partial charge is 0.246 e. The Bertz CT molecular complexity index is 217. The highest BCUT2D eigenvalue weighted by molar-refractivity contribution is 6.78. The molecule has 0 aromatic carbocycles. The van der Waals surface area contributed by atoms with Crippen LogP contribution in [0.15, 0.2) is 0 Å². The molecule has 0 aliphatic heterocycles. The highest BCUT2D eigenvalue weighted by Crippen LogP contribution is 2.36. The lowest BCUT2D eigenvalue weighted by Gasteiger charge is -2.28. The van der Waals surface area contributed by atoms with E-state index in [1.54, 1.807) is 0 Å². The Morgan fingerprint density at radius 2 is 0.682 bits per heavy atom. The lowest BCUT2D eigenvalue weighted by atomic mass is 10.4. The molecule has 0 aliphatic carbocycles. The maximum absolute atomic E-state index is 15.3. The third kappa shape index (κ3) is 10.1. The van der Waals surface area contributed by atoms with E-state index in [-0.39, 0.29) is 0 Å². The first-order chi connectivity index (χ1) is 10.4. The highest BCUT2D eigenvalue weighted by atomic mass is 28.4. The summed E-state index contributed by atoms with van der Waals surface area (Å²) in [5, 5.41) is 0. The predicted octanol–water partition coefficient (Wildman–Crippen LogP) is 8.02. The van der Waals surface area contributed by atoms with Crippen molar-refractivity contribution in [3.05, 3.63) is 0 Å². The first kappa shape index (κ1) is 22.3. The third-order valence-electron chi connectivity index (χ3n) is 4.93. The van der Waals surface area contributed by atoms with Crippen molar-refractivity contribution >= 4 is 16.8 Å². The van der Waals surface area contributed by atoms with Gasteiger partial charge in [-0.05, 0) is 36.3 Å². The van der Waals surface area contributed by atoms with Crippen molar-refractivity contribution in [2.24, 2.45) is 0 Å². The summed E-state index contributed by atoms with van der Waals surface area (Å²) in [6.45, 7) is 8.52. The molecule has 0 radical (unpaired) electrons. The zero-order chi connectivity index (χ0) is 16.9. The van der Waals surface area contributed by atoms with Crippen molar-refractivity contribution in [1.29, 1.82) is 0 Å². The molecule has 0 saturated heterocycles. The molecule has 0 aromatic heterocycles. The zero-order valence-electron chi connectivity index (χ0n) is 15.7. The van der Waals surface area contributed by atoms with Crippen molar-refractivity contribution in [1.82, 2.24) is 0 Å². The van der Waals surface area contributed by atoms with Gasteiger partial charge in [-0.25, -0.2) is 0 Å². The number of halogens is 2. The lowest BCUT2D eigenvalue weighted by molar-refractivity contribution is 0.668. The van der Waals surface area contributed by atoms with Crippen LogP contribution >= 0.6 is 0 Å². The van der Waals surface area contributed by atoms with E-state index in [0.717, 1.165) is 75.5 Å². The van der Waals surface area contributed by atoms with Crippen molar-refractivity contribution in [2.75, 3.05) is 0 Å². The van der Waals surface area contributed by atoms with E-state index < -0.39 is 16.8 Å². The van der Waals surface area contributed by atoms with Crippen molar-refractivity contribution < 1.29 is 8.22 Å². The fourth-order valence-electron chi connectivity index (χ4n) is 3.17. The van der Waals surface area contributed by atoms with Crippen LogP contribution in [0.3, 0.4) is 0 Å². The molecule has 0 bridgehead atoms. The van der Waals surface area contributed by atoms with Crippen LogP contribution in [-0.2, 0) is 0 Å². The second-order valence-electron chi connectivity index (χ2n) is 7.22. The number of hydrogen-bond donors (Lipinski definition) is 0. The fraction of sp³-hybridized carbons (Fsp3) is 1.00. The van der Waals surface area contributed by atoms with Crippen LogP contribution in [0.5, 0.6) is 0 Å². The first-order valence-electron chi connectivity index (χ1n) is 9.83. The molecule has 22 heavy (non-hydrogen) atoms. The zero-order valence-corrected chi connectivity index (χ0v) is 17.7. The van der Waals surface area contributed by atoms with Gasteiger partial charge in [0.05, 0.1) is 0 Å². The van der Waals surface area contributed by atoms with E-state index in [2.05, 4.69) is 27.7 Å². The summed E-state index contributed by atoms with van der Waals surface area (Å²) in [5.41, 5.74) is 0. The van der Waals surface area contributed by atoms with Gasteiger partial charge in [0.15, 0.2) is 0 Å². The molecular weight excluding hydrogens is 310 g/mol. The SMILES string of the molecule is CCCC[Si](F)(CCCC)CC[Si](F)(CCCC)CCCC. The lowest BCUT2D eigenvalue weighted by Crippen LogP contribution is -2.35. The molecule has 0 spiro atoms. The topological polar surface area (TPSA) is 0 Å². The van der Waals surface area contributed by atoms with Crippen molar-refractivity contribution in [3.63, 3.8) is 0 Å². The molecule has 0 atom stereocenters. The standard InChI is InChI=1S/C18H40F2Si2/c1-5-9-13-21(19,14-10-6-2)17-18-22(20,15-11-7-3)16-12-8-4/h5-18H2,1-4H3. The molecule has 0 nitrogen and oxygen atoms in total. The van der Waals surface area contributed by atoms with Gasteiger partial charge in [0.2, 0.25) is 16.8 Å². The summed E-state index contributed by atoms with van der Waals surface area (Å²) < 4.78 is 30.7. The van der Waals surface area contributed by atoms with E-state index in [1.807, 2.05) is 0 Å². The van der Waals surface area contributed by atoms with E-state index in [9.17, 15) is 0 Å². The van der Waals surface area contributed by atoms with Crippen molar-refractivity contribution in [3.8, 4) is 0 Å². The highest BCUT2D eigenvalue weighted by Gasteiger charge is 2.39. The molecule has 0 fully saturated rings. The second-order valence-corrected chi connectivity index (χ2v) is 14.8. The van der Waals surface area contributed by atoms with Gasteiger partial charge in [0.1, 0.15) is 0 Å². The molecule has 0 N–H and O–H groups in total. The second kappa shape index (κ2) is 12.7. The molecule has 0 unspecified atom stereocenters. The fourth-order valence-corrected chi connectivity index (χ4v) is 12.2. The van der Waals surface area contributed by atoms with Crippen molar-refractivity contribution in [2.45, 2.75) is 115 Å². The summed E-state index contributed by atoms with van der Waals surface area (Å²) in [6.07, 6.45) is 8.25. The van der Waals surface area contributed by atoms with Crippen LogP contribution < -0.4 is 0 Å². The Morgan fingerprint density at radius 1 is 0.455 bits per heavy atom. The monoisotopic (exact) mass is 350 g/mol. The quantitative estimate of drug-likeness (QED) is 0.207. The van der Waals surface area contributed by atoms with Crippen LogP contribution in [0.25, 0.3) is 0 Å². The first-order valence-corrected chi connectivity index (χ1v) is 14.8.